The third kappa shape index (κ3) is 5.54. The van der Waals surface area contributed by atoms with Gasteiger partial charge in [0, 0.05) is 50.4 Å². The predicted molar refractivity (Wildman–Crippen MR) is 117 cm³/mol. The van der Waals surface area contributed by atoms with Crippen molar-refractivity contribution < 1.29 is 18.3 Å². The molecule has 31 heavy (non-hydrogen) atoms. The third-order valence-corrected chi connectivity index (χ3v) is 5.19. The van der Waals surface area contributed by atoms with E-state index in [2.05, 4.69) is 18.7 Å². The van der Waals surface area contributed by atoms with E-state index < -0.39 is 11.5 Å². The number of hydrogen-bond acceptors (Lipinski definition) is 4. The van der Waals surface area contributed by atoms with Gasteiger partial charge in [0.05, 0.1) is 5.69 Å². The van der Waals surface area contributed by atoms with Gasteiger partial charge in [0.2, 0.25) is 0 Å². The van der Waals surface area contributed by atoms with E-state index in [4.69, 9.17) is 9.84 Å². The number of halogens is 2. The molecular formula is C23H32F2N4O2. The lowest BCUT2D eigenvalue weighted by molar-refractivity contribution is 0.0174. The normalized spacial score (nSPS) is 15.5. The summed E-state index contributed by atoms with van der Waals surface area (Å²) in [5.41, 5.74) is 1.21. The lowest BCUT2D eigenvalue weighted by atomic mass is 10.1. The van der Waals surface area contributed by atoms with Crippen molar-refractivity contribution >= 4 is 11.9 Å². The summed E-state index contributed by atoms with van der Waals surface area (Å²) in [7, 11) is 0. The highest BCUT2D eigenvalue weighted by Gasteiger charge is 2.28. The number of anilines is 1. The van der Waals surface area contributed by atoms with Crippen LogP contribution in [0.3, 0.4) is 0 Å². The Morgan fingerprint density at radius 3 is 2.10 bits per heavy atom. The summed E-state index contributed by atoms with van der Waals surface area (Å²) in [6.45, 7) is 13.0. The molecule has 0 N–H and O–H groups in total. The molecule has 1 aliphatic rings. The monoisotopic (exact) mass is 434 g/mol. The molecule has 0 unspecified atom stereocenters. The molecule has 1 aromatic carbocycles. The van der Waals surface area contributed by atoms with Crippen LogP contribution >= 0.6 is 0 Å². The van der Waals surface area contributed by atoms with Crippen LogP contribution in [-0.2, 0) is 10.7 Å². The van der Waals surface area contributed by atoms with Crippen molar-refractivity contribution in [3.05, 3.63) is 41.6 Å². The molecule has 2 heterocycles. The SMILES string of the molecule is CC(C)c1cc(N2CCN(C(=O)OC(C)(C)C)CC2)nn1-c1ccc(C(C)(F)F)cc1. The van der Waals surface area contributed by atoms with Gasteiger partial charge in [-0.05, 0) is 38.8 Å². The summed E-state index contributed by atoms with van der Waals surface area (Å²) >= 11 is 0. The maximum absolute atomic E-state index is 13.6. The predicted octanol–water partition coefficient (Wildman–Crippen LogP) is 5.16. The van der Waals surface area contributed by atoms with Gasteiger partial charge in [0.1, 0.15) is 5.60 Å². The number of nitrogens with zero attached hydrogens (tertiary/aromatic N) is 4. The number of carbonyl (C=O) groups is 1. The van der Waals surface area contributed by atoms with E-state index >= 15 is 0 Å². The molecule has 3 rings (SSSR count). The molecule has 2 aromatic rings. The van der Waals surface area contributed by atoms with Crippen LogP contribution in [0.1, 0.15) is 58.7 Å². The Morgan fingerprint density at radius 2 is 1.61 bits per heavy atom. The van der Waals surface area contributed by atoms with E-state index in [0.29, 0.717) is 26.2 Å². The zero-order valence-corrected chi connectivity index (χ0v) is 19.2. The Kier molecular flexibility index (Phi) is 6.30. The van der Waals surface area contributed by atoms with Crippen LogP contribution in [-0.4, -0.2) is 52.6 Å². The van der Waals surface area contributed by atoms with Gasteiger partial charge in [0.25, 0.3) is 5.92 Å². The lowest BCUT2D eigenvalue weighted by Gasteiger charge is -2.35. The Morgan fingerprint density at radius 1 is 1.03 bits per heavy atom. The number of amides is 1. The highest BCUT2D eigenvalue weighted by Crippen LogP contribution is 2.29. The Hall–Kier alpha value is -2.64. The van der Waals surface area contributed by atoms with Gasteiger partial charge >= 0.3 is 6.09 Å². The minimum absolute atomic E-state index is 0.0204. The fraction of sp³-hybridized carbons (Fsp3) is 0.565. The molecule has 170 valence electrons. The molecule has 1 aliphatic heterocycles. The summed E-state index contributed by atoms with van der Waals surface area (Å²) in [5.74, 6) is -1.85. The topological polar surface area (TPSA) is 50.6 Å². The Bertz CT molecular complexity index is 903. The maximum atomic E-state index is 13.6. The Labute approximate surface area is 182 Å². The summed E-state index contributed by atoms with van der Waals surface area (Å²) < 4.78 is 34.4. The number of rotatable bonds is 4. The van der Waals surface area contributed by atoms with E-state index in [-0.39, 0.29) is 17.6 Å². The molecule has 0 spiro atoms. The zero-order valence-electron chi connectivity index (χ0n) is 19.2. The summed E-state index contributed by atoms with van der Waals surface area (Å²) in [5, 5.41) is 4.77. The summed E-state index contributed by atoms with van der Waals surface area (Å²) in [6.07, 6.45) is -0.298. The average molecular weight is 435 g/mol. The molecule has 8 heteroatoms. The van der Waals surface area contributed by atoms with Crippen molar-refractivity contribution in [2.45, 2.75) is 59.0 Å². The van der Waals surface area contributed by atoms with E-state index in [1.54, 1.807) is 17.0 Å². The van der Waals surface area contributed by atoms with E-state index in [1.807, 2.05) is 31.5 Å². The molecule has 0 saturated carbocycles. The first kappa shape index (κ1) is 23.0. The second-order valence-electron chi connectivity index (χ2n) is 9.38. The number of alkyl halides is 2. The smallest absolute Gasteiger partial charge is 0.410 e. The summed E-state index contributed by atoms with van der Waals surface area (Å²) in [4.78, 5) is 16.2. The van der Waals surface area contributed by atoms with Crippen LogP contribution in [0.4, 0.5) is 19.4 Å². The van der Waals surface area contributed by atoms with Crippen LogP contribution in [0.15, 0.2) is 30.3 Å². The fourth-order valence-corrected chi connectivity index (χ4v) is 3.49. The van der Waals surface area contributed by atoms with Gasteiger partial charge in [-0.2, -0.15) is 5.10 Å². The van der Waals surface area contributed by atoms with Crippen LogP contribution in [0.25, 0.3) is 5.69 Å². The third-order valence-electron chi connectivity index (χ3n) is 5.19. The maximum Gasteiger partial charge on any atom is 0.410 e. The highest BCUT2D eigenvalue weighted by molar-refractivity contribution is 5.68. The van der Waals surface area contributed by atoms with Crippen molar-refractivity contribution in [1.82, 2.24) is 14.7 Å². The Balaban J connectivity index is 1.76. The number of piperazine rings is 1. The van der Waals surface area contributed by atoms with Crippen LogP contribution in [0.5, 0.6) is 0 Å². The zero-order chi connectivity index (χ0) is 23.0. The van der Waals surface area contributed by atoms with Crippen molar-refractivity contribution in [3.63, 3.8) is 0 Å². The van der Waals surface area contributed by atoms with Gasteiger partial charge in [-0.25, -0.2) is 18.3 Å². The largest absolute Gasteiger partial charge is 0.444 e. The quantitative estimate of drug-likeness (QED) is 0.667. The molecule has 1 saturated heterocycles. The molecule has 0 aliphatic carbocycles. The minimum Gasteiger partial charge on any atom is -0.444 e. The molecular weight excluding hydrogens is 402 g/mol. The number of benzene rings is 1. The van der Waals surface area contributed by atoms with Crippen molar-refractivity contribution in [2.75, 3.05) is 31.1 Å². The van der Waals surface area contributed by atoms with Gasteiger partial charge in [-0.15, -0.1) is 0 Å². The molecule has 0 atom stereocenters. The summed E-state index contributed by atoms with van der Waals surface area (Å²) in [6, 6.07) is 8.28. The van der Waals surface area contributed by atoms with Crippen LogP contribution in [0.2, 0.25) is 0 Å². The van der Waals surface area contributed by atoms with Crippen molar-refractivity contribution in [3.8, 4) is 5.69 Å². The number of aromatic nitrogens is 2. The second-order valence-corrected chi connectivity index (χ2v) is 9.38. The molecule has 0 radical (unpaired) electrons. The van der Waals surface area contributed by atoms with Gasteiger partial charge in [0.15, 0.2) is 5.82 Å². The van der Waals surface area contributed by atoms with Crippen molar-refractivity contribution in [1.29, 1.82) is 0 Å². The highest BCUT2D eigenvalue weighted by atomic mass is 19.3. The molecule has 0 bridgehead atoms. The number of ether oxygens (including phenoxy) is 1. The first-order chi connectivity index (χ1) is 14.3. The number of carbonyl (C=O) groups excluding carboxylic acids is 1. The molecule has 1 aromatic heterocycles. The molecule has 1 amide bonds. The minimum atomic E-state index is -2.87. The van der Waals surface area contributed by atoms with Gasteiger partial charge in [-0.3, -0.25) is 0 Å². The fourth-order valence-electron chi connectivity index (χ4n) is 3.49. The van der Waals surface area contributed by atoms with E-state index in [9.17, 15) is 13.6 Å². The molecule has 1 fully saturated rings. The van der Waals surface area contributed by atoms with Gasteiger partial charge < -0.3 is 14.5 Å². The van der Waals surface area contributed by atoms with Crippen molar-refractivity contribution in [2.24, 2.45) is 0 Å². The van der Waals surface area contributed by atoms with Gasteiger partial charge in [-0.1, -0.05) is 26.0 Å². The van der Waals surface area contributed by atoms with Crippen LogP contribution < -0.4 is 4.90 Å². The standard InChI is InChI=1S/C23H32F2N4O2/c1-16(2)19-15-20(26-29(19)18-9-7-17(8-10-18)23(6,24)25)27-11-13-28(14-12-27)21(30)31-22(3,4)5/h7-10,15-16H,11-14H2,1-6H3. The average Bonchev–Trinajstić information content (AvgIpc) is 3.12. The van der Waals surface area contributed by atoms with Crippen LogP contribution in [0, 0.1) is 0 Å². The van der Waals surface area contributed by atoms with E-state index in [0.717, 1.165) is 24.1 Å². The first-order valence-corrected chi connectivity index (χ1v) is 10.7. The second kappa shape index (κ2) is 8.48. The number of hydrogen-bond donors (Lipinski definition) is 0. The molecule has 6 nitrogen and oxygen atoms in total. The van der Waals surface area contributed by atoms with E-state index in [1.165, 1.54) is 12.1 Å². The lowest BCUT2D eigenvalue weighted by Crippen LogP contribution is -2.50. The first-order valence-electron chi connectivity index (χ1n) is 10.7.